The number of rotatable bonds is 6. The molecule has 0 unspecified atom stereocenters. The lowest BCUT2D eigenvalue weighted by molar-refractivity contribution is 0.0950. The summed E-state index contributed by atoms with van der Waals surface area (Å²) in [5, 5.41) is 2.74. The standard InChI is InChI=1S/C17H21N3O3S/c1-13(2)20(3)24(22,23)16-9-6-7-14(11-16)17(21)19-12-15-8-4-5-10-18-15/h4-11,13H,12H2,1-3H3,(H,19,21). The first-order valence-corrected chi connectivity index (χ1v) is 9.02. The highest BCUT2D eigenvalue weighted by Crippen LogP contribution is 2.18. The van der Waals surface area contributed by atoms with Crippen molar-refractivity contribution in [3.05, 3.63) is 59.9 Å². The van der Waals surface area contributed by atoms with E-state index >= 15 is 0 Å². The first-order chi connectivity index (χ1) is 11.3. The molecule has 0 aliphatic carbocycles. The van der Waals surface area contributed by atoms with Crippen LogP contribution in [-0.2, 0) is 16.6 Å². The summed E-state index contributed by atoms with van der Waals surface area (Å²) in [7, 11) is -2.10. The van der Waals surface area contributed by atoms with E-state index in [1.807, 2.05) is 6.07 Å². The molecule has 0 atom stereocenters. The van der Waals surface area contributed by atoms with Crippen molar-refractivity contribution in [1.29, 1.82) is 0 Å². The molecule has 0 radical (unpaired) electrons. The molecule has 0 saturated carbocycles. The molecular formula is C17H21N3O3S. The van der Waals surface area contributed by atoms with E-state index in [1.54, 1.807) is 44.3 Å². The Kier molecular flexibility index (Phi) is 5.69. The van der Waals surface area contributed by atoms with Crippen molar-refractivity contribution >= 4 is 15.9 Å². The average molecular weight is 347 g/mol. The highest BCUT2D eigenvalue weighted by molar-refractivity contribution is 7.89. The molecule has 1 aromatic heterocycles. The summed E-state index contributed by atoms with van der Waals surface area (Å²) in [6.07, 6.45) is 1.65. The van der Waals surface area contributed by atoms with Crippen molar-refractivity contribution in [2.24, 2.45) is 0 Å². The molecule has 7 heteroatoms. The van der Waals surface area contributed by atoms with Gasteiger partial charge < -0.3 is 5.32 Å². The van der Waals surface area contributed by atoms with Crippen molar-refractivity contribution in [3.63, 3.8) is 0 Å². The second-order valence-corrected chi connectivity index (χ2v) is 7.64. The van der Waals surface area contributed by atoms with Gasteiger partial charge in [-0.3, -0.25) is 9.78 Å². The topological polar surface area (TPSA) is 79.4 Å². The summed E-state index contributed by atoms with van der Waals surface area (Å²) in [4.78, 5) is 16.5. The number of nitrogens with one attached hydrogen (secondary N) is 1. The summed E-state index contributed by atoms with van der Waals surface area (Å²) in [6, 6.07) is 11.3. The zero-order chi connectivity index (χ0) is 17.7. The van der Waals surface area contributed by atoms with Crippen LogP contribution in [0.4, 0.5) is 0 Å². The van der Waals surface area contributed by atoms with Crippen LogP contribution in [0.1, 0.15) is 29.9 Å². The van der Waals surface area contributed by atoms with Crippen LogP contribution in [0.2, 0.25) is 0 Å². The zero-order valence-corrected chi connectivity index (χ0v) is 14.7. The molecule has 1 N–H and O–H groups in total. The number of hydrogen-bond donors (Lipinski definition) is 1. The molecule has 0 aliphatic rings. The Morgan fingerprint density at radius 3 is 2.58 bits per heavy atom. The van der Waals surface area contributed by atoms with Gasteiger partial charge in [-0.1, -0.05) is 12.1 Å². The quantitative estimate of drug-likeness (QED) is 0.867. The summed E-state index contributed by atoms with van der Waals surface area (Å²) < 4.78 is 26.3. The maximum atomic E-state index is 12.5. The van der Waals surface area contributed by atoms with E-state index in [-0.39, 0.29) is 23.4 Å². The van der Waals surface area contributed by atoms with Gasteiger partial charge in [-0.2, -0.15) is 4.31 Å². The number of carbonyl (C=O) groups is 1. The Labute approximate surface area is 142 Å². The van der Waals surface area contributed by atoms with Crippen LogP contribution >= 0.6 is 0 Å². The number of carbonyl (C=O) groups excluding carboxylic acids is 1. The fourth-order valence-electron chi connectivity index (χ4n) is 2.02. The molecule has 1 aromatic carbocycles. The Balaban J connectivity index is 2.16. The van der Waals surface area contributed by atoms with Gasteiger partial charge in [0.15, 0.2) is 0 Å². The van der Waals surface area contributed by atoms with E-state index in [0.717, 1.165) is 5.69 Å². The Morgan fingerprint density at radius 2 is 1.96 bits per heavy atom. The van der Waals surface area contributed by atoms with E-state index in [0.29, 0.717) is 5.56 Å². The summed E-state index contributed by atoms with van der Waals surface area (Å²) in [5.41, 5.74) is 1.03. The van der Waals surface area contributed by atoms with Crippen molar-refractivity contribution in [1.82, 2.24) is 14.6 Å². The molecule has 6 nitrogen and oxygen atoms in total. The maximum Gasteiger partial charge on any atom is 0.251 e. The summed E-state index contributed by atoms with van der Waals surface area (Å²) in [6.45, 7) is 3.87. The lowest BCUT2D eigenvalue weighted by Gasteiger charge is -2.21. The van der Waals surface area contributed by atoms with Gasteiger partial charge in [0, 0.05) is 24.8 Å². The lowest BCUT2D eigenvalue weighted by atomic mass is 10.2. The SMILES string of the molecule is CC(C)N(C)S(=O)(=O)c1cccc(C(=O)NCc2ccccn2)c1. The van der Waals surface area contributed by atoms with Gasteiger partial charge in [0.25, 0.3) is 5.91 Å². The minimum Gasteiger partial charge on any atom is -0.346 e. The third kappa shape index (κ3) is 4.18. The maximum absolute atomic E-state index is 12.5. The smallest absolute Gasteiger partial charge is 0.251 e. The molecule has 24 heavy (non-hydrogen) atoms. The minimum absolute atomic E-state index is 0.101. The van der Waals surface area contributed by atoms with Crippen LogP contribution in [0, 0.1) is 0 Å². The van der Waals surface area contributed by atoms with Crippen LogP contribution in [0.5, 0.6) is 0 Å². The van der Waals surface area contributed by atoms with Crippen LogP contribution in [0.25, 0.3) is 0 Å². The molecule has 0 fully saturated rings. The van der Waals surface area contributed by atoms with Crippen molar-refractivity contribution in [3.8, 4) is 0 Å². The average Bonchev–Trinajstić information content (AvgIpc) is 2.59. The van der Waals surface area contributed by atoms with Gasteiger partial charge in [0.05, 0.1) is 17.1 Å². The van der Waals surface area contributed by atoms with Gasteiger partial charge >= 0.3 is 0 Å². The normalized spacial score (nSPS) is 11.7. The monoisotopic (exact) mass is 347 g/mol. The third-order valence-corrected chi connectivity index (χ3v) is 5.69. The molecular weight excluding hydrogens is 326 g/mol. The van der Waals surface area contributed by atoms with Gasteiger partial charge in [0.2, 0.25) is 10.0 Å². The van der Waals surface area contributed by atoms with Crippen molar-refractivity contribution < 1.29 is 13.2 Å². The number of hydrogen-bond acceptors (Lipinski definition) is 4. The van der Waals surface area contributed by atoms with Crippen molar-refractivity contribution in [2.45, 2.75) is 31.3 Å². The molecule has 128 valence electrons. The second-order valence-electron chi connectivity index (χ2n) is 5.65. The number of nitrogens with zero attached hydrogens (tertiary/aromatic N) is 2. The number of pyridine rings is 1. The van der Waals surface area contributed by atoms with Gasteiger partial charge in [0.1, 0.15) is 0 Å². The summed E-state index contributed by atoms with van der Waals surface area (Å²) >= 11 is 0. The third-order valence-electron chi connectivity index (χ3n) is 3.66. The molecule has 2 aromatic rings. The van der Waals surface area contributed by atoms with Crippen LogP contribution in [-0.4, -0.2) is 36.7 Å². The minimum atomic E-state index is -3.62. The highest BCUT2D eigenvalue weighted by Gasteiger charge is 2.23. The number of benzene rings is 1. The number of aromatic nitrogens is 1. The predicted octanol–water partition coefficient (Wildman–Crippen LogP) is 2.04. The molecule has 2 rings (SSSR count). The largest absolute Gasteiger partial charge is 0.346 e. The number of sulfonamides is 1. The lowest BCUT2D eigenvalue weighted by Crippen LogP contribution is -2.33. The van der Waals surface area contributed by atoms with E-state index in [4.69, 9.17) is 0 Å². The van der Waals surface area contributed by atoms with Gasteiger partial charge in [-0.05, 0) is 44.2 Å². The predicted molar refractivity (Wildman–Crippen MR) is 91.9 cm³/mol. The van der Waals surface area contributed by atoms with Gasteiger partial charge in [-0.25, -0.2) is 8.42 Å². The molecule has 0 saturated heterocycles. The zero-order valence-electron chi connectivity index (χ0n) is 13.9. The Morgan fingerprint density at radius 1 is 1.21 bits per heavy atom. The van der Waals surface area contributed by atoms with Crippen LogP contribution < -0.4 is 5.32 Å². The fourth-order valence-corrected chi connectivity index (χ4v) is 3.43. The molecule has 1 amide bonds. The molecule has 0 aliphatic heterocycles. The highest BCUT2D eigenvalue weighted by atomic mass is 32.2. The first kappa shape index (κ1) is 18.1. The van der Waals surface area contributed by atoms with E-state index in [9.17, 15) is 13.2 Å². The molecule has 0 bridgehead atoms. The van der Waals surface area contributed by atoms with Crippen LogP contribution in [0.15, 0.2) is 53.6 Å². The Hall–Kier alpha value is -2.25. The van der Waals surface area contributed by atoms with Gasteiger partial charge in [-0.15, -0.1) is 0 Å². The fraction of sp³-hybridized carbons (Fsp3) is 0.294. The van der Waals surface area contributed by atoms with E-state index in [2.05, 4.69) is 10.3 Å². The van der Waals surface area contributed by atoms with Crippen LogP contribution in [0.3, 0.4) is 0 Å². The molecule has 1 heterocycles. The van der Waals surface area contributed by atoms with E-state index in [1.165, 1.54) is 23.5 Å². The second kappa shape index (κ2) is 7.55. The first-order valence-electron chi connectivity index (χ1n) is 7.58. The Bertz CT molecular complexity index is 805. The summed E-state index contributed by atoms with van der Waals surface area (Å²) in [5.74, 6) is -0.343. The van der Waals surface area contributed by atoms with E-state index < -0.39 is 10.0 Å². The molecule has 0 spiro atoms. The number of amides is 1. The van der Waals surface area contributed by atoms with Crippen molar-refractivity contribution in [2.75, 3.05) is 7.05 Å².